The Bertz CT molecular complexity index is 888. The van der Waals surface area contributed by atoms with Gasteiger partial charge < -0.3 is 20.5 Å². The van der Waals surface area contributed by atoms with Gasteiger partial charge in [-0.15, -0.1) is 11.8 Å². The third-order valence-corrected chi connectivity index (χ3v) is 3.75. The van der Waals surface area contributed by atoms with Gasteiger partial charge in [-0.3, -0.25) is 4.79 Å². The molecule has 0 radical (unpaired) electrons. The number of methoxy groups -OCH3 is 1. The average molecular weight is 371 g/mol. The van der Waals surface area contributed by atoms with Crippen LogP contribution < -0.4 is 15.8 Å². The van der Waals surface area contributed by atoms with Gasteiger partial charge in [-0.2, -0.15) is 0 Å². The number of aryl methyl sites for hydroxylation is 1. The van der Waals surface area contributed by atoms with E-state index in [4.69, 9.17) is 15.2 Å². The van der Waals surface area contributed by atoms with Crippen molar-refractivity contribution < 1.29 is 18.7 Å². The first-order valence-corrected chi connectivity index (χ1v) is 8.35. The lowest BCUT2D eigenvalue weighted by Gasteiger charge is -2.13. The number of nitrogen functional groups attached to an aromatic ring is 1. The van der Waals surface area contributed by atoms with Gasteiger partial charge in [0.1, 0.15) is 5.82 Å². The molecule has 0 saturated heterocycles. The smallest absolute Gasteiger partial charge is 0.259 e. The van der Waals surface area contributed by atoms with E-state index in [1.54, 1.807) is 33.1 Å². The molecule has 2 aromatic rings. The average Bonchev–Trinajstić information content (AvgIpc) is 2.64. The summed E-state index contributed by atoms with van der Waals surface area (Å²) in [6.45, 7) is 4.06. The van der Waals surface area contributed by atoms with E-state index in [-0.39, 0.29) is 36.0 Å². The van der Waals surface area contributed by atoms with Crippen molar-refractivity contribution in [1.82, 2.24) is 4.98 Å². The first-order chi connectivity index (χ1) is 13.0. The summed E-state index contributed by atoms with van der Waals surface area (Å²) in [7, 11) is 1.55. The molecule has 0 saturated carbocycles. The van der Waals surface area contributed by atoms with Gasteiger partial charge in [-0.1, -0.05) is 6.07 Å². The van der Waals surface area contributed by atoms with Crippen molar-refractivity contribution in [2.24, 2.45) is 0 Å². The topological polar surface area (TPSA) is 86.5 Å². The number of ether oxygens (including phenoxy) is 2. The molecule has 3 N–H and O–H groups in total. The quantitative estimate of drug-likeness (QED) is 0.576. The Balaban J connectivity index is 2.18. The molecule has 27 heavy (non-hydrogen) atoms. The van der Waals surface area contributed by atoms with E-state index < -0.39 is 11.7 Å². The van der Waals surface area contributed by atoms with Gasteiger partial charge in [0.2, 0.25) is 0 Å². The summed E-state index contributed by atoms with van der Waals surface area (Å²) in [5, 5.41) is 2.51. The molecule has 0 unspecified atom stereocenters. The monoisotopic (exact) mass is 371 g/mol. The third-order valence-electron chi connectivity index (χ3n) is 3.75. The van der Waals surface area contributed by atoms with E-state index in [1.165, 1.54) is 12.1 Å². The van der Waals surface area contributed by atoms with Crippen LogP contribution in [0.4, 0.5) is 15.9 Å². The summed E-state index contributed by atoms with van der Waals surface area (Å²) >= 11 is 0. The van der Waals surface area contributed by atoms with E-state index in [9.17, 15) is 9.18 Å². The Labute approximate surface area is 157 Å². The number of nitrogens with zero attached hydrogens (tertiary/aromatic N) is 1. The van der Waals surface area contributed by atoms with Crippen molar-refractivity contribution in [3.05, 3.63) is 46.9 Å². The first kappa shape index (κ1) is 20.2. The number of anilines is 2. The van der Waals surface area contributed by atoms with E-state index in [2.05, 4.69) is 22.1 Å². The SMILES string of the molecule is CC#CCCOc1cccc(NC(=O)c2cc(C)c(COC)nc2N)c1F. The largest absolute Gasteiger partial charge is 0.489 e. The van der Waals surface area contributed by atoms with Gasteiger partial charge in [0.15, 0.2) is 11.6 Å². The van der Waals surface area contributed by atoms with Crippen molar-refractivity contribution >= 4 is 17.4 Å². The molecule has 0 fully saturated rings. The van der Waals surface area contributed by atoms with Crippen LogP contribution in [0.5, 0.6) is 5.75 Å². The number of hydrogen-bond donors (Lipinski definition) is 2. The predicted octanol–water partition coefficient (Wildman–Crippen LogP) is 3.30. The summed E-state index contributed by atoms with van der Waals surface area (Å²) in [5.41, 5.74) is 7.44. The number of halogens is 1. The number of benzene rings is 1. The molecular formula is C20H22FN3O3. The normalized spacial score (nSPS) is 10.1. The van der Waals surface area contributed by atoms with Gasteiger partial charge in [-0.25, -0.2) is 9.37 Å². The van der Waals surface area contributed by atoms with Crippen LogP contribution >= 0.6 is 0 Å². The molecule has 7 heteroatoms. The molecule has 0 spiro atoms. The summed E-state index contributed by atoms with van der Waals surface area (Å²) in [6, 6.07) is 6.13. The number of carbonyl (C=O) groups excluding carboxylic acids is 1. The minimum atomic E-state index is -0.658. The van der Waals surface area contributed by atoms with E-state index in [0.29, 0.717) is 12.1 Å². The van der Waals surface area contributed by atoms with Gasteiger partial charge in [-0.05, 0) is 37.6 Å². The summed E-state index contributed by atoms with van der Waals surface area (Å²) in [4.78, 5) is 16.7. The zero-order valence-electron chi connectivity index (χ0n) is 15.6. The molecule has 6 nitrogen and oxygen atoms in total. The Morgan fingerprint density at radius 3 is 2.89 bits per heavy atom. The van der Waals surface area contributed by atoms with Crippen molar-refractivity contribution in [3.63, 3.8) is 0 Å². The van der Waals surface area contributed by atoms with Gasteiger partial charge in [0.25, 0.3) is 5.91 Å². The molecule has 0 bridgehead atoms. The second kappa shape index (κ2) is 9.55. The highest BCUT2D eigenvalue weighted by molar-refractivity contribution is 6.07. The second-order valence-corrected chi connectivity index (χ2v) is 5.71. The van der Waals surface area contributed by atoms with Crippen LogP contribution in [0.2, 0.25) is 0 Å². The van der Waals surface area contributed by atoms with Crippen molar-refractivity contribution in [1.29, 1.82) is 0 Å². The van der Waals surface area contributed by atoms with Crippen LogP contribution in [0.3, 0.4) is 0 Å². The summed E-state index contributed by atoms with van der Waals surface area (Å²) in [6.07, 6.45) is 0.488. The van der Waals surface area contributed by atoms with Crippen LogP contribution in [0.1, 0.15) is 35.0 Å². The molecule has 142 valence electrons. The number of hydrogen-bond acceptors (Lipinski definition) is 5. The maximum Gasteiger partial charge on any atom is 0.259 e. The minimum Gasteiger partial charge on any atom is -0.489 e. The molecule has 1 amide bonds. The van der Waals surface area contributed by atoms with Crippen LogP contribution in [-0.2, 0) is 11.3 Å². The summed E-state index contributed by atoms with van der Waals surface area (Å²) in [5.74, 6) is 4.46. The number of carbonyl (C=O) groups is 1. The molecule has 0 aliphatic heterocycles. The maximum atomic E-state index is 14.6. The predicted molar refractivity (Wildman–Crippen MR) is 102 cm³/mol. The summed E-state index contributed by atoms with van der Waals surface area (Å²) < 4.78 is 25.0. The number of nitrogens with two attached hydrogens (primary N) is 1. The zero-order chi connectivity index (χ0) is 19.8. The van der Waals surface area contributed by atoms with Gasteiger partial charge in [0, 0.05) is 13.5 Å². The highest BCUT2D eigenvalue weighted by atomic mass is 19.1. The van der Waals surface area contributed by atoms with Crippen molar-refractivity contribution in [2.75, 3.05) is 24.8 Å². The maximum absolute atomic E-state index is 14.6. The molecule has 1 aromatic heterocycles. The lowest BCUT2D eigenvalue weighted by atomic mass is 10.1. The standard InChI is InChI=1S/C20H22FN3O3/c1-4-5-6-10-27-17-9-7-8-15(18(17)21)24-20(25)14-11-13(2)16(12-26-3)23-19(14)22/h7-9,11H,6,10,12H2,1-3H3,(H2,22,23)(H,24,25). The fourth-order valence-electron chi connectivity index (χ4n) is 2.38. The Hall–Kier alpha value is -3.11. The van der Waals surface area contributed by atoms with E-state index in [1.807, 2.05) is 0 Å². The zero-order valence-corrected chi connectivity index (χ0v) is 15.6. The molecule has 1 heterocycles. The Morgan fingerprint density at radius 2 is 2.19 bits per heavy atom. The van der Waals surface area contributed by atoms with Crippen LogP contribution in [0, 0.1) is 24.6 Å². The van der Waals surface area contributed by atoms with E-state index in [0.717, 1.165) is 5.56 Å². The fourth-order valence-corrected chi connectivity index (χ4v) is 2.38. The number of amides is 1. The van der Waals surface area contributed by atoms with Gasteiger partial charge in [0.05, 0.1) is 30.2 Å². The molecule has 2 rings (SSSR count). The number of pyridine rings is 1. The highest BCUT2D eigenvalue weighted by Gasteiger charge is 2.17. The molecule has 0 atom stereocenters. The lowest BCUT2D eigenvalue weighted by Crippen LogP contribution is -2.17. The fraction of sp³-hybridized carbons (Fsp3) is 0.300. The number of nitrogens with one attached hydrogen (secondary N) is 1. The van der Waals surface area contributed by atoms with Crippen LogP contribution in [0.25, 0.3) is 0 Å². The Morgan fingerprint density at radius 1 is 1.41 bits per heavy atom. The number of rotatable bonds is 7. The van der Waals surface area contributed by atoms with Crippen LogP contribution in [0.15, 0.2) is 24.3 Å². The van der Waals surface area contributed by atoms with Crippen molar-refractivity contribution in [3.8, 4) is 17.6 Å². The Kier molecular flexibility index (Phi) is 7.15. The molecular weight excluding hydrogens is 349 g/mol. The molecule has 0 aliphatic rings. The number of aromatic nitrogens is 1. The van der Waals surface area contributed by atoms with Gasteiger partial charge >= 0.3 is 0 Å². The van der Waals surface area contributed by atoms with E-state index >= 15 is 0 Å². The van der Waals surface area contributed by atoms with Crippen LogP contribution in [-0.4, -0.2) is 24.6 Å². The minimum absolute atomic E-state index is 0.00269. The highest BCUT2D eigenvalue weighted by Crippen LogP contribution is 2.26. The first-order valence-electron chi connectivity index (χ1n) is 8.35. The molecule has 1 aromatic carbocycles. The second-order valence-electron chi connectivity index (χ2n) is 5.71. The lowest BCUT2D eigenvalue weighted by molar-refractivity contribution is 0.102. The molecule has 0 aliphatic carbocycles. The van der Waals surface area contributed by atoms with Crippen molar-refractivity contribution in [2.45, 2.75) is 26.9 Å². The third kappa shape index (κ3) is 5.19.